The molecule has 1 aromatic heterocycles. The van der Waals surface area contributed by atoms with E-state index < -0.39 is 5.97 Å². The van der Waals surface area contributed by atoms with Crippen LogP contribution >= 0.6 is 0 Å². The average molecular weight is 342 g/mol. The smallest absolute Gasteiger partial charge is 0.303 e. The number of aliphatic carboxylic acids is 1. The number of rotatable bonds is 6. The maximum atomic E-state index is 12.7. The molecule has 0 unspecified atom stereocenters. The van der Waals surface area contributed by atoms with E-state index >= 15 is 0 Å². The van der Waals surface area contributed by atoms with Crippen LogP contribution in [-0.2, 0) is 16.1 Å². The minimum atomic E-state index is -0.818. The molecular weight excluding hydrogens is 320 g/mol. The Hall–Kier alpha value is -2.70. The number of benzene rings is 1. The van der Waals surface area contributed by atoms with Crippen molar-refractivity contribution >= 4 is 11.9 Å². The first kappa shape index (κ1) is 17.1. The molecule has 1 N–H and O–H groups in total. The molecule has 1 amide bonds. The summed E-state index contributed by atoms with van der Waals surface area (Å²) in [4.78, 5) is 25.3. The van der Waals surface area contributed by atoms with E-state index in [9.17, 15) is 9.59 Å². The summed E-state index contributed by atoms with van der Waals surface area (Å²) in [6, 6.07) is 9.70. The molecule has 7 heteroatoms. The molecule has 0 bridgehead atoms. The Morgan fingerprint density at radius 2 is 2.00 bits per heavy atom. The van der Waals surface area contributed by atoms with Gasteiger partial charge in [0.05, 0.1) is 6.20 Å². The number of hydrogen-bond donors (Lipinski definition) is 1. The van der Waals surface area contributed by atoms with Crippen LogP contribution in [0.3, 0.4) is 0 Å². The molecule has 3 rings (SSSR count). The molecule has 1 saturated heterocycles. The van der Waals surface area contributed by atoms with Gasteiger partial charge in [-0.25, -0.2) is 4.68 Å². The van der Waals surface area contributed by atoms with Gasteiger partial charge in [-0.05, 0) is 25.7 Å². The van der Waals surface area contributed by atoms with Gasteiger partial charge in [0.25, 0.3) is 0 Å². The van der Waals surface area contributed by atoms with Crippen LogP contribution in [0.4, 0.5) is 0 Å². The number of hydrogen-bond acceptors (Lipinski definition) is 4. The molecule has 2 aromatic rings. The Kier molecular flexibility index (Phi) is 5.42. The molecule has 0 saturated carbocycles. The molecule has 2 heterocycles. The summed E-state index contributed by atoms with van der Waals surface area (Å²) in [5.74, 6) is -0.846. The number of carboxylic acids is 1. The zero-order chi connectivity index (χ0) is 17.6. The van der Waals surface area contributed by atoms with E-state index in [1.807, 2.05) is 35.2 Å². The lowest BCUT2D eigenvalue weighted by Crippen LogP contribution is -2.45. The van der Waals surface area contributed by atoms with E-state index in [2.05, 4.69) is 10.3 Å². The lowest BCUT2D eigenvalue weighted by molar-refractivity contribution is -0.140. The van der Waals surface area contributed by atoms with E-state index in [0.717, 1.165) is 30.5 Å². The Morgan fingerprint density at radius 3 is 2.76 bits per heavy atom. The highest BCUT2D eigenvalue weighted by atomic mass is 16.4. The van der Waals surface area contributed by atoms with Gasteiger partial charge in [-0.1, -0.05) is 35.5 Å². The largest absolute Gasteiger partial charge is 0.481 e. The highest BCUT2D eigenvalue weighted by molar-refractivity contribution is 5.76. The zero-order valence-electron chi connectivity index (χ0n) is 14.0. The summed E-state index contributed by atoms with van der Waals surface area (Å²) in [6.45, 7) is 0.812. The molecule has 1 aliphatic heterocycles. The summed E-state index contributed by atoms with van der Waals surface area (Å²) in [5.41, 5.74) is 1.69. The van der Waals surface area contributed by atoms with Crippen molar-refractivity contribution in [1.82, 2.24) is 19.9 Å². The average Bonchev–Trinajstić information content (AvgIpc) is 3.09. The van der Waals surface area contributed by atoms with E-state index in [4.69, 9.17) is 5.11 Å². The quantitative estimate of drug-likeness (QED) is 0.869. The molecule has 25 heavy (non-hydrogen) atoms. The van der Waals surface area contributed by atoms with Crippen molar-refractivity contribution in [1.29, 1.82) is 0 Å². The molecule has 7 nitrogen and oxygen atoms in total. The normalized spacial score (nSPS) is 17.4. The van der Waals surface area contributed by atoms with E-state index in [0.29, 0.717) is 13.0 Å². The monoisotopic (exact) mass is 342 g/mol. The second kappa shape index (κ2) is 7.92. The maximum Gasteiger partial charge on any atom is 0.303 e. The lowest BCUT2D eigenvalue weighted by Gasteiger charge is -2.35. The second-order valence-electron chi connectivity index (χ2n) is 6.34. The predicted octanol–water partition coefficient (Wildman–Crippen LogP) is 2.19. The van der Waals surface area contributed by atoms with Crippen molar-refractivity contribution in [2.45, 2.75) is 44.7 Å². The standard InChI is InChI=1S/C18H22N4O3/c23-17(22-11-5-4-8-15(22)9-10-18(24)25)13-21-12-16(19-20-21)14-6-2-1-3-7-14/h1-3,6-7,12,15H,4-5,8-11,13H2,(H,24,25)/t15-/m0/s1. The van der Waals surface area contributed by atoms with Gasteiger partial charge in [-0.2, -0.15) is 0 Å². The van der Waals surface area contributed by atoms with Gasteiger partial charge in [0.15, 0.2) is 0 Å². The molecule has 1 aliphatic rings. The Morgan fingerprint density at radius 1 is 1.20 bits per heavy atom. The second-order valence-corrected chi connectivity index (χ2v) is 6.34. The van der Waals surface area contributed by atoms with E-state index in [1.54, 1.807) is 10.9 Å². The summed E-state index contributed by atoms with van der Waals surface area (Å²) in [5, 5.41) is 17.1. The third-order valence-corrected chi connectivity index (χ3v) is 4.54. The topological polar surface area (TPSA) is 88.3 Å². The molecular formula is C18H22N4O3. The summed E-state index contributed by atoms with van der Waals surface area (Å²) < 4.78 is 1.55. The van der Waals surface area contributed by atoms with Crippen LogP contribution in [0.5, 0.6) is 0 Å². The molecule has 1 fully saturated rings. The van der Waals surface area contributed by atoms with Gasteiger partial charge in [-0.3, -0.25) is 9.59 Å². The van der Waals surface area contributed by atoms with Crippen LogP contribution < -0.4 is 0 Å². The molecule has 132 valence electrons. The molecule has 0 spiro atoms. The third-order valence-electron chi connectivity index (χ3n) is 4.54. The predicted molar refractivity (Wildman–Crippen MR) is 91.7 cm³/mol. The number of likely N-dealkylation sites (tertiary alicyclic amines) is 1. The van der Waals surface area contributed by atoms with Crippen LogP contribution in [-0.4, -0.2) is 49.5 Å². The van der Waals surface area contributed by atoms with Crippen LogP contribution in [0.2, 0.25) is 0 Å². The van der Waals surface area contributed by atoms with Gasteiger partial charge in [0.1, 0.15) is 12.2 Å². The Labute approximate surface area is 146 Å². The van der Waals surface area contributed by atoms with Crippen LogP contribution in [0.25, 0.3) is 11.3 Å². The number of nitrogens with zero attached hydrogens (tertiary/aromatic N) is 4. The lowest BCUT2D eigenvalue weighted by atomic mass is 9.98. The number of carboxylic acid groups (broad SMARTS) is 1. The van der Waals surface area contributed by atoms with Crippen molar-refractivity contribution in [2.24, 2.45) is 0 Å². The van der Waals surface area contributed by atoms with Crippen LogP contribution in [0, 0.1) is 0 Å². The maximum absolute atomic E-state index is 12.7. The minimum Gasteiger partial charge on any atom is -0.481 e. The van der Waals surface area contributed by atoms with Crippen LogP contribution in [0.15, 0.2) is 36.5 Å². The molecule has 1 aromatic carbocycles. The van der Waals surface area contributed by atoms with Gasteiger partial charge < -0.3 is 10.0 Å². The van der Waals surface area contributed by atoms with E-state index in [-0.39, 0.29) is 24.9 Å². The number of aromatic nitrogens is 3. The number of amides is 1. The Bertz CT molecular complexity index is 729. The van der Waals surface area contributed by atoms with Gasteiger partial charge in [0.2, 0.25) is 5.91 Å². The molecule has 1 atom stereocenters. The molecule has 0 radical (unpaired) electrons. The fourth-order valence-corrected chi connectivity index (χ4v) is 3.27. The summed E-state index contributed by atoms with van der Waals surface area (Å²) in [6.07, 6.45) is 5.23. The van der Waals surface area contributed by atoms with E-state index in [1.165, 1.54) is 0 Å². The number of carbonyl (C=O) groups is 2. The fourth-order valence-electron chi connectivity index (χ4n) is 3.27. The minimum absolute atomic E-state index is 0.00876. The van der Waals surface area contributed by atoms with Gasteiger partial charge in [-0.15, -0.1) is 5.10 Å². The summed E-state index contributed by atoms with van der Waals surface area (Å²) in [7, 11) is 0. The van der Waals surface area contributed by atoms with Gasteiger partial charge in [0, 0.05) is 24.6 Å². The van der Waals surface area contributed by atoms with Crippen molar-refractivity contribution in [2.75, 3.05) is 6.54 Å². The molecule has 0 aliphatic carbocycles. The fraction of sp³-hybridized carbons (Fsp3) is 0.444. The highest BCUT2D eigenvalue weighted by Crippen LogP contribution is 2.22. The highest BCUT2D eigenvalue weighted by Gasteiger charge is 2.27. The number of piperidine rings is 1. The van der Waals surface area contributed by atoms with Crippen molar-refractivity contribution in [3.63, 3.8) is 0 Å². The Balaban J connectivity index is 1.64. The first-order valence-corrected chi connectivity index (χ1v) is 8.60. The van der Waals surface area contributed by atoms with Crippen molar-refractivity contribution < 1.29 is 14.7 Å². The first-order valence-electron chi connectivity index (χ1n) is 8.60. The third kappa shape index (κ3) is 4.43. The van der Waals surface area contributed by atoms with Crippen molar-refractivity contribution in [3.8, 4) is 11.3 Å². The number of carbonyl (C=O) groups excluding carboxylic acids is 1. The van der Waals surface area contributed by atoms with Gasteiger partial charge >= 0.3 is 5.97 Å². The summed E-state index contributed by atoms with van der Waals surface area (Å²) >= 11 is 0. The zero-order valence-corrected chi connectivity index (χ0v) is 14.0. The van der Waals surface area contributed by atoms with Crippen LogP contribution in [0.1, 0.15) is 32.1 Å². The SMILES string of the molecule is O=C(O)CC[C@@H]1CCCCN1C(=O)Cn1cc(-c2ccccc2)nn1. The first-order chi connectivity index (χ1) is 12.1. The van der Waals surface area contributed by atoms with Crippen molar-refractivity contribution in [3.05, 3.63) is 36.5 Å².